The summed E-state index contributed by atoms with van der Waals surface area (Å²) in [6.45, 7) is 0. The van der Waals surface area contributed by atoms with Crippen molar-refractivity contribution in [3.05, 3.63) is 510 Å². The fraction of sp³-hybridized carbons (Fsp3) is 0. The van der Waals surface area contributed by atoms with Gasteiger partial charge in [0.25, 0.3) is 0 Å². The number of aromatic nitrogens is 12. The van der Waals surface area contributed by atoms with Crippen LogP contribution >= 0.6 is 22.7 Å². The molecular formula is C135H84N12OS2. The molecule has 702 valence electrons. The number of rotatable bonds is 15. The molecule has 0 fully saturated rings. The molecule has 0 amide bonds. The minimum Gasteiger partial charge on any atom is -0.454 e. The Bertz CT molecular complexity index is 9870. The molecule has 0 aliphatic heterocycles. The molecule has 0 spiro atoms. The maximum absolute atomic E-state index is 6.66. The zero-order chi connectivity index (χ0) is 99.1. The quantitative estimate of drug-likeness (QED) is 0.0973. The van der Waals surface area contributed by atoms with Gasteiger partial charge in [-0.1, -0.05) is 419 Å². The number of thiophene rings is 2. The first-order valence-corrected chi connectivity index (χ1v) is 51.7. The zero-order valence-corrected chi connectivity index (χ0v) is 82.2. The Morgan fingerprint density at radius 2 is 0.400 bits per heavy atom. The Balaban J connectivity index is 0.000000108. The molecule has 13 nitrogen and oxygen atoms in total. The summed E-state index contributed by atoms with van der Waals surface area (Å²) in [5.41, 5.74) is 27.3. The molecule has 0 radical (unpaired) electrons. The average molecular weight is 1950 g/mol. The lowest BCUT2D eigenvalue weighted by Gasteiger charge is -2.12. The monoisotopic (exact) mass is 1950 g/mol. The third-order valence-electron chi connectivity index (χ3n) is 28.3. The van der Waals surface area contributed by atoms with Gasteiger partial charge < -0.3 is 18.1 Å². The topological polar surface area (TPSA) is 144 Å². The van der Waals surface area contributed by atoms with Crippen LogP contribution in [-0.2, 0) is 0 Å². The van der Waals surface area contributed by atoms with Gasteiger partial charge in [-0.3, -0.25) is 0 Å². The first-order chi connectivity index (χ1) is 74.3. The van der Waals surface area contributed by atoms with Crippen LogP contribution in [0, 0.1) is 0 Å². The van der Waals surface area contributed by atoms with Crippen LogP contribution < -0.4 is 0 Å². The molecule has 9 aromatic heterocycles. The number of fused-ring (bicyclic) bond motifs is 21. The van der Waals surface area contributed by atoms with Crippen LogP contribution in [0.25, 0.3) is 281 Å². The first-order valence-electron chi connectivity index (χ1n) is 50.1. The van der Waals surface area contributed by atoms with E-state index < -0.39 is 0 Å². The van der Waals surface area contributed by atoms with Crippen LogP contribution in [0.1, 0.15) is 0 Å². The minimum atomic E-state index is 0.610. The van der Waals surface area contributed by atoms with Crippen molar-refractivity contribution >= 4 is 150 Å². The smallest absolute Gasteiger partial charge is 0.164 e. The van der Waals surface area contributed by atoms with E-state index in [1.165, 1.54) is 106 Å². The highest BCUT2D eigenvalue weighted by Crippen LogP contribution is 2.49. The largest absolute Gasteiger partial charge is 0.454 e. The molecule has 30 aromatic rings. The molecular weight excluding hydrogens is 1870 g/mol. The number of para-hydroxylation sites is 1. The minimum absolute atomic E-state index is 0.610. The van der Waals surface area contributed by atoms with Crippen molar-refractivity contribution in [2.45, 2.75) is 0 Å². The number of nitrogens with zero attached hydrogens (tertiary/aromatic N) is 12. The van der Waals surface area contributed by atoms with E-state index >= 15 is 0 Å². The van der Waals surface area contributed by atoms with Crippen LogP contribution in [0.5, 0.6) is 0 Å². The van der Waals surface area contributed by atoms with Gasteiger partial charge in [0.05, 0.1) is 42.5 Å². The van der Waals surface area contributed by atoms with E-state index in [1.54, 1.807) is 0 Å². The Labute approximate surface area is 869 Å². The molecule has 0 N–H and O–H groups in total. The van der Waals surface area contributed by atoms with Crippen molar-refractivity contribution in [1.82, 2.24) is 58.6 Å². The number of hydrogen-bond acceptors (Lipinski definition) is 12. The molecule has 9 heterocycles. The van der Waals surface area contributed by atoms with Crippen molar-refractivity contribution in [3.63, 3.8) is 0 Å². The lowest BCUT2D eigenvalue weighted by molar-refractivity contribution is 0.671. The van der Waals surface area contributed by atoms with Gasteiger partial charge in [0.2, 0.25) is 0 Å². The van der Waals surface area contributed by atoms with Crippen LogP contribution in [0.3, 0.4) is 0 Å². The molecule has 0 aliphatic rings. The van der Waals surface area contributed by atoms with E-state index in [1.807, 2.05) is 217 Å². The van der Waals surface area contributed by atoms with Crippen molar-refractivity contribution in [1.29, 1.82) is 0 Å². The summed E-state index contributed by atoms with van der Waals surface area (Å²) in [6, 6.07) is 178. The lowest BCUT2D eigenvalue weighted by atomic mass is 10.0. The van der Waals surface area contributed by atoms with E-state index in [-0.39, 0.29) is 0 Å². The van der Waals surface area contributed by atoms with E-state index in [0.29, 0.717) is 52.4 Å². The normalized spacial score (nSPS) is 11.6. The van der Waals surface area contributed by atoms with Gasteiger partial charge in [0, 0.05) is 141 Å². The first kappa shape index (κ1) is 88.0. The lowest BCUT2D eigenvalue weighted by Crippen LogP contribution is -2.01. The van der Waals surface area contributed by atoms with Crippen molar-refractivity contribution in [3.8, 4) is 153 Å². The maximum atomic E-state index is 6.66. The fourth-order valence-electron chi connectivity index (χ4n) is 21.2. The van der Waals surface area contributed by atoms with E-state index in [0.717, 1.165) is 122 Å². The molecule has 30 rings (SSSR count). The SMILES string of the molecule is c1ccc(-c2ccc3c4ccc5c6ccccc6oc5c4n(-c4cccc(-c5nc(-c6ccccc6)nc(-c6ccccc6)n5)c4)c3c2)cc1.c1ccc(-c2ccc3c4ccc5c6ccccc6sc5c4n(-c4ccc(-c5nc(-c6ccccc6)nc(-c6ccccc6)n5)cc4)c3c2)cc1.c1ccc(-c2ccc3c4ccc5c6ccccc6sc5c4n(-c4cccc(-c5nc(-c6ccccc6)nc(-c6ccccc6)n5)c4)c3c2)cc1. The highest BCUT2D eigenvalue weighted by atomic mass is 32.1. The second-order valence-electron chi connectivity index (χ2n) is 37.4. The van der Waals surface area contributed by atoms with E-state index in [2.05, 4.69) is 329 Å². The summed E-state index contributed by atoms with van der Waals surface area (Å²) < 4.78 is 19.0. The Morgan fingerprint density at radius 1 is 0.153 bits per heavy atom. The standard InChI is InChI=1S/C45H28N4O.2C45H28N4S/c2*1-4-13-29(14-5-1)32-23-24-35-37-25-26-38-36-21-10-11-22-40(36)50-42(38)41(37)49(39(35)28-32)34-20-12-19-33(27-34)45-47-43(30-15-6-2-7-16-30)46-44(48-45)31-17-8-3-9-18-31;1-4-12-29(13-5-1)33-22-25-35-37-26-27-38-36-18-10-11-19-40(36)50-42(38)41(37)49(39(35)28-33)34-23-20-32(21-24-34)45-47-43(30-14-6-2-7-15-30)46-44(48-45)31-16-8-3-9-17-31/h3*1-28H. The Morgan fingerprint density at radius 3 is 0.747 bits per heavy atom. The predicted molar refractivity (Wildman–Crippen MR) is 621 cm³/mol. The molecule has 0 unspecified atom stereocenters. The third-order valence-corrected chi connectivity index (χ3v) is 30.7. The van der Waals surface area contributed by atoms with Gasteiger partial charge in [-0.05, 0) is 124 Å². The summed E-state index contributed by atoms with van der Waals surface area (Å²) in [4.78, 5) is 44.8. The summed E-state index contributed by atoms with van der Waals surface area (Å²) in [5, 5.41) is 14.6. The molecule has 21 aromatic carbocycles. The van der Waals surface area contributed by atoms with Crippen LogP contribution in [-0.4, -0.2) is 58.6 Å². The number of furan rings is 1. The zero-order valence-electron chi connectivity index (χ0n) is 80.6. The molecule has 0 aliphatic carbocycles. The molecule has 0 atom stereocenters. The van der Waals surface area contributed by atoms with Gasteiger partial charge in [0.1, 0.15) is 5.58 Å². The van der Waals surface area contributed by atoms with E-state index in [9.17, 15) is 0 Å². The van der Waals surface area contributed by atoms with Crippen molar-refractivity contribution in [2.75, 3.05) is 0 Å². The number of benzene rings is 21. The van der Waals surface area contributed by atoms with Crippen LogP contribution in [0.4, 0.5) is 0 Å². The van der Waals surface area contributed by atoms with E-state index in [4.69, 9.17) is 49.3 Å². The second kappa shape index (κ2) is 37.5. The molecule has 0 saturated carbocycles. The van der Waals surface area contributed by atoms with Gasteiger partial charge in [0.15, 0.2) is 58.0 Å². The average Bonchev–Trinajstić information content (AvgIpc) is 1.56. The van der Waals surface area contributed by atoms with Crippen LogP contribution in [0.15, 0.2) is 514 Å². The second-order valence-corrected chi connectivity index (χ2v) is 39.5. The molecule has 150 heavy (non-hydrogen) atoms. The predicted octanol–water partition coefficient (Wildman–Crippen LogP) is 35.5. The maximum Gasteiger partial charge on any atom is 0.164 e. The van der Waals surface area contributed by atoms with Crippen LogP contribution in [0.2, 0.25) is 0 Å². The van der Waals surface area contributed by atoms with Crippen molar-refractivity contribution in [2.24, 2.45) is 0 Å². The summed E-state index contributed by atoms with van der Waals surface area (Å²) in [7, 11) is 0. The number of hydrogen-bond donors (Lipinski definition) is 0. The summed E-state index contributed by atoms with van der Waals surface area (Å²) in [6.07, 6.45) is 0. The Kier molecular flexibility index (Phi) is 22.0. The molecule has 0 bridgehead atoms. The van der Waals surface area contributed by atoms with Gasteiger partial charge in [-0.2, -0.15) is 0 Å². The fourth-order valence-corrected chi connectivity index (χ4v) is 23.7. The van der Waals surface area contributed by atoms with Crippen molar-refractivity contribution < 1.29 is 4.42 Å². The van der Waals surface area contributed by atoms with Gasteiger partial charge in [-0.25, -0.2) is 44.9 Å². The Hall–Kier alpha value is -19.7. The highest BCUT2D eigenvalue weighted by Gasteiger charge is 2.27. The third kappa shape index (κ3) is 15.9. The van der Waals surface area contributed by atoms with Gasteiger partial charge in [-0.15, -0.1) is 22.7 Å². The molecule has 15 heteroatoms. The summed E-state index contributed by atoms with van der Waals surface area (Å²) in [5.74, 6) is 5.76. The highest BCUT2D eigenvalue weighted by molar-refractivity contribution is 7.27. The van der Waals surface area contributed by atoms with Gasteiger partial charge >= 0.3 is 0 Å². The molecule has 0 saturated heterocycles. The summed E-state index contributed by atoms with van der Waals surface area (Å²) >= 11 is 3.73.